The number of thioether (sulfide) groups is 1. The predicted molar refractivity (Wildman–Crippen MR) is 52.2 cm³/mol. The van der Waals surface area contributed by atoms with Crippen LogP contribution in [0.1, 0.15) is 11.6 Å². The second kappa shape index (κ2) is 5.11. The third-order valence-corrected chi connectivity index (χ3v) is 2.33. The third kappa shape index (κ3) is 2.46. The monoisotopic (exact) mass is 183 g/mol. The molecule has 3 nitrogen and oxygen atoms in total. The quantitative estimate of drug-likeness (QED) is 0.758. The van der Waals surface area contributed by atoms with Crippen molar-refractivity contribution in [3.63, 3.8) is 0 Å². The van der Waals surface area contributed by atoms with E-state index in [1.807, 2.05) is 31.2 Å². The summed E-state index contributed by atoms with van der Waals surface area (Å²) >= 11 is 1.81. The number of nitrogens with zero attached hydrogens (tertiary/aromatic N) is 2. The molecule has 1 aromatic heterocycles. The van der Waals surface area contributed by atoms with E-state index in [2.05, 4.69) is 21.5 Å². The molecule has 0 saturated heterocycles. The van der Waals surface area contributed by atoms with Gasteiger partial charge in [-0.3, -0.25) is 0 Å². The fraction of sp³-hybridized carbons (Fsp3) is 0.500. The molecule has 1 unspecified atom stereocenters. The first-order valence-corrected chi connectivity index (χ1v) is 5.19. The molecule has 0 radical (unpaired) electrons. The Morgan fingerprint density at radius 3 is 2.67 bits per heavy atom. The van der Waals surface area contributed by atoms with Crippen LogP contribution < -0.4 is 5.32 Å². The van der Waals surface area contributed by atoms with Gasteiger partial charge in [0.15, 0.2) is 0 Å². The van der Waals surface area contributed by atoms with Gasteiger partial charge in [0, 0.05) is 29.8 Å². The maximum absolute atomic E-state index is 3.98. The van der Waals surface area contributed by atoms with E-state index in [4.69, 9.17) is 0 Å². The number of hydrogen-bond acceptors (Lipinski definition) is 4. The molecule has 0 saturated carbocycles. The van der Waals surface area contributed by atoms with Gasteiger partial charge in [0.1, 0.15) is 6.33 Å². The topological polar surface area (TPSA) is 37.8 Å². The Bertz CT molecular complexity index is 215. The zero-order valence-corrected chi connectivity index (χ0v) is 8.14. The standard InChI is InChI=1S/C8H13N3S/c1-9-8(5-12-2)7-3-10-6-11-4-7/h3-4,6,8-9H,5H2,1-2H3. The van der Waals surface area contributed by atoms with Crippen LogP contribution in [0.15, 0.2) is 18.7 Å². The average Bonchev–Trinajstić information content (AvgIpc) is 2.15. The molecule has 0 amide bonds. The Morgan fingerprint density at radius 1 is 1.50 bits per heavy atom. The van der Waals surface area contributed by atoms with Gasteiger partial charge in [0.2, 0.25) is 0 Å². The van der Waals surface area contributed by atoms with Gasteiger partial charge >= 0.3 is 0 Å². The molecule has 0 aliphatic rings. The minimum Gasteiger partial charge on any atom is -0.312 e. The molecule has 0 aliphatic heterocycles. The summed E-state index contributed by atoms with van der Waals surface area (Å²) in [5.74, 6) is 1.05. The van der Waals surface area contributed by atoms with Crippen molar-refractivity contribution in [2.45, 2.75) is 6.04 Å². The largest absolute Gasteiger partial charge is 0.312 e. The summed E-state index contributed by atoms with van der Waals surface area (Å²) in [6.07, 6.45) is 7.35. The Labute approximate surface area is 77.0 Å². The first kappa shape index (κ1) is 9.48. The molecule has 4 heteroatoms. The second-order valence-electron chi connectivity index (χ2n) is 2.47. The molecule has 0 aliphatic carbocycles. The first-order valence-electron chi connectivity index (χ1n) is 3.79. The van der Waals surface area contributed by atoms with E-state index in [-0.39, 0.29) is 0 Å². The van der Waals surface area contributed by atoms with E-state index in [1.54, 1.807) is 6.33 Å². The van der Waals surface area contributed by atoms with Crippen molar-refractivity contribution >= 4 is 11.8 Å². The Balaban J connectivity index is 2.66. The van der Waals surface area contributed by atoms with Crippen LogP contribution in [0, 0.1) is 0 Å². The predicted octanol–water partition coefficient (Wildman–Crippen LogP) is 1.10. The molecule has 0 aromatic carbocycles. The molecule has 0 bridgehead atoms. The summed E-state index contributed by atoms with van der Waals surface area (Å²) in [6, 6.07) is 0.362. The molecule has 0 fully saturated rings. The fourth-order valence-corrected chi connectivity index (χ4v) is 1.70. The molecule has 0 spiro atoms. The minimum atomic E-state index is 0.362. The zero-order chi connectivity index (χ0) is 8.81. The number of aromatic nitrogens is 2. The zero-order valence-electron chi connectivity index (χ0n) is 7.32. The molecule has 1 rings (SSSR count). The van der Waals surface area contributed by atoms with Gasteiger partial charge in [-0.05, 0) is 13.3 Å². The Hall–Kier alpha value is -0.610. The van der Waals surface area contributed by atoms with Crippen LogP contribution in [0.4, 0.5) is 0 Å². The highest BCUT2D eigenvalue weighted by Gasteiger charge is 2.07. The van der Waals surface area contributed by atoms with Gasteiger partial charge in [-0.2, -0.15) is 11.8 Å². The van der Waals surface area contributed by atoms with Crippen molar-refractivity contribution in [1.29, 1.82) is 0 Å². The molecule has 1 aromatic rings. The maximum Gasteiger partial charge on any atom is 0.115 e. The lowest BCUT2D eigenvalue weighted by Gasteiger charge is -2.13. The van der Waals surface area contributed by atoms with Gasteiger partial charge in [-0.15, -0.1) is 0 Å². The fourth-order valence-electron chi connectivity index (χ4n) is 1.00. The van der Waals surface area contributed by atoms with E-state index in [0.717, 1.165) is 11.3 Å². The van der Waals surface area contributed by atoms with Crippen molar-refractivity contribution in [3.05, 3.63) is 24.3 Å². The summed E-state index contributed by atoms with van der Waals surface area (Å²) < 4.78 is 0. The maximum atomic E-state index is 3.98. The van der Waals surface area contributed by atoms with Crippen molar-refractivity contribution < 1.29 is 0 Å². The molecular weight excluding hydrogens is 170 g/mol. The highest BCUT2D eigenvalue weighted by molar-refractivity contribution is 7.98. The van der Waals surface area contributed by atoms with Crippen molar-refractivity contribution in [2.75, 3.05) is 19.1 Å². The lowest BCUT2D eigenvalue weighted by Crippen LogP contribution is -2.18. The second-order valence-corrected chi connectivity index (χ2v) is 3.38. The molecule has 1 heterocycles. The minimum absolute atomic E-state index is 0.362. The highest BCUT2D eigenvalue weighted by Crippen LogP contribution is 2.13. The van der Waals surface area contributed by atoms with Crippen LogP contribution in [0.5, 0.6) is 0 Å². The molecule has 12 heavy (non-hydrogen) atoms. The van der Waals surface area contributed by atoms with Crippen LogP contribution in [0.2, 0.25) is 0 Å². The SMILES string of the molecule is CNC(CSC)c1cncnc1. The van der Waals surface area contributed by atoms with E-state index in [0.29, 0.717) is 6.04 Å². The Kier molecular flexibility index (Phi) is 4.04. The van der Waals surface area contributed by atoms with E-state index in [1.165, 1.54) is 0 Å². The van der Waals surface area contributed by atoms with Crippen LogP contribution in [0.25, 0.3) is 0 Å². The molecule has 66 valence electrons. The summed E-state index contributed by atoms with van der Waals surface area (Å²) in [7, 11) is 1.95. The third-order valence-electron chi connectivity index (χ3n) is 1.66. The van der Waals surface area contributed by atoms with Gasteiger partial charge < -0.3 is 5.32 Å². The lowest BCUT2D eigenvalue weighted by atomic mass is 10.2. The summed E-state index contributed by atoms with van der Waals surface area (Å²) in [5.41, 5.74) is 1.15. The summed E-state index contributed by atoms with van der Waals surface area (Å²) in [6.45, 7) is 0. The highest BCUT2D eigenvalue weighted by atomic mass is 32.2. The van der Waals surface area contributed by atoms with E-state index in [9.17, 15) is 0 Å². The van der Waals surface area contributed by atoms with Crippen LogP contribution >= 0.6 is 11.8 Å². The first-order chi connectivity index (χ1) is 5.88. The number of rotatable bonds is 4. The van der Waals surface area contributed by atoms with Crippen molar-refractivity contribution in [2.24, 2.45) is 0 Å². The van der Waals surface area contributed by atoms with Gasteiger partial charge in [-0.1, -0.05) is 0 Å². The molecule has 1 N–H and O–H groups in total. The number of hydrogen-bond donors (Lipinski definition) is 1. The van der Waals surface area contributed by atoms with E-state index < -0.39 is 0 Å². The normalized spacial score (nSPS) is 12.8. The van der Waals surface area contributed by atoms with Crippen molar-refractivity contribution in [1.82, 2.24) is 15.3 Å². The summed E-state index contributed by atoms with van der Waals surface area (Å²) in [5, 5.41) is 3.22. The smallest absolute Gasteiger partial charge is 0.115 e. The number of nitrogens with one attached hydrogen (secondary N) is 1. The average molecular weight is 183 g/mol. The Morgan fingerprint density at radius 2 is 2.17 bits per heavy atom. The molecular formula is C8H13N3S. The lowest BCUT2D eigenvalue weighted by molar-refractivity contribution is 0.656. The molecule has 1 atom stereocenters. The van der Waals surface area contributed by atoms with Crippen LogP contribution in [-0.2, 0) is 0 Å². The van der Waals surface area contributed by atoms with Crippen LogP contribution in [-0.4, -0.2) is 29.0 Å². The van der Waals surface area contributed by atoms with Gasteiger partial charge in [0.05, 0.1) is 0 Å². The van der Waals surface area contributed by atoms with E-state index >= 15 is 0 Å². The van der Waals surface area contributed by atoms with Crippen molar-refractivity contribution in [3.8, 4) is 0 Å². The summed E-state index contributed by atoms with van der Waals surface area (Å²) in [4.78, 5) is 7.95. The van der Waals surface area contributed by atoms with Crippen LogP contribution in [0.3, 0.4) is 0 Å². The van der Waals surface area contributed by atoms with Gasteiger partial charge in [-0.25, -0.2) is 9.97 Å². The van der Waals surface area contributed by atoms with Gasteiger partial charge in [0.25, 0.3) is 0 Å².